The lowest BCUT2D eigenvalue weighted by Crippen LogP contribution is -2.23. The highest BCUT2D eigenvalue weighted by Gasteiger charge is 2.06. The van der Waals surface area contributed by atoms with Crippen molar-refractivity contribution in [2.24, 2.45) is 0 Å². The van der Waals surface area contributed by atoms with Crippen LogP contribution in [0.4, 0.5) is 0 Å². The number of piperidine rings is 1. The lowest BCUT2D eigenvalue weighted by atomic mass is 10.0. The molecule has 1 rings (SSSR count). The smallest absolute Gasteiger partial charge is 0.0641 e. The molecule has 0 aromatic rings. The summed E-state index contributed by atoms with van der Waals surface area (Å²) in [5, 5.41) is 12.1. The minimum absolute atomic E-state index is 0.231. The fourth-order valence-corrected chi connectivity index (χ4v) is 1.27. The van der Waals surface area contributed by atoms with Gasteiger partial charge in [-0.3, -0.25) is 0 Å². The molecule has 0 aliphatic carbocycles. The van der Waals surface area contributed by atoms with E-state index in [1.165, 1.54) is 11.1 Å². The van der Waals surface area contributed by atoms with Crippen LogP contribution in [-0.4, -0.2) is 24.8 Å². The van der Waals surface area contributed by atoms with E-state index in [0.717, 1.165) is 25.9 Å². The average molecular weight is 141 g/mol. The van der Waals surface area contributed by atoms with Crippen LogP contribution >= 0.6 is 0 Å². The maximum Gasteiger partial charge on any atom is 0.0641 e. The van der Waals surface area contributed by atoms with Crippen molar-refractivity contribution < 1.29 is 5.11 Å². The van der Waals surface area contributed by atoms with Gasteiger partial charge >= 0.3 is 0 Å². The summed E-state index contributed by atoms with van der Waals surface area (Å²) in [7, 11) is 0. The van der Waals surface area contributed by atoms with Crippen LogP contribution in [0.5, 0.6) is 0 Å². The Kier molecular flexibility index (Phi) is 2.90. The zero-order valence-electron chi connectivity index (χ0n) is 6.48. The van der Waals surface area contributed by atoms with E-state index in [-0.39, 0.29) is 6.61 Å². The number of aliphatic hydroxyl groups is 1. The van der Waals surface area contributed by atoms with Crippen molar-refractivity contribution in [3.63, 3.8) is 0 Å². The Labute approximate surface area is 61.9 Å². The second kappa shape index (κ2) is 3.74. The third kappa shape index (κ3) is 1.82. The van der Waals surface area contributed by atoms with Gasteiger partial charge in [0.2, 0.25) is 0 Å². The Morgan fingerprint density at radius 1 is 1.50 bits per heavy atom. The summed E-state index contributed by atoms with van der Waals surface area (Å²) in [5.41, 5.74) is 2.61. The predicted molar refractivity (Wildman–Crippen MR) is 41.9 cm³/mol. The quantitative estimate of drug-likeness (QED) is 0.526. The normalized spacial score (nSPS) is 19.2. The van der Waals surface area contributed by atoms with Crippen LogP contribution in [0.15, 0.2) is 11.1 Å². The van der Waals surface area contributed by atoms with Crippen molar-refractivity contribution in [2.45, 2.75) is 19.8 Å². The first-order chi connectivity index (χ1) is 4.84. The summed E-state index contributed by atoms with van der Waals surface area (Å²) in [6, 6.07) is 0. The zero-order chi connectivity index (χ0) is 7.40. The van der Waals surface area contributed by atoms with Crippen LogP contribution in [0.25, 0.3) is 0 Å². The Balaban J connectivity index is 2.51. The summed E-state index contributed by atoms with van der Waals surface area (Å²) >= 11 is 0. The minimum atomic E-state index is 0.231. The molecule has 10 heavy (non-hydrogen) atoms. The molecule has 0 radical (unpaired) electrons. The fraction of sp³-hybridized carbons (Fsp3) is 0.750. The lowest BCUT2D eigenvalue weighted by Gasteiger charge is -2.17. The molecule has 0 bridgehead atoms. The summed E-state index contributed by atoms with van der Waals surface area (Å²) < 4.78 is 0. The highest BCUT2D eigenvalue weighted by atomic mass is 16.3. The maximum atomic E-state index is 8.81. The molecule has 2 N–H and O–H groups in total. The maximum absolute atomic E-state index is 8.81. The third-order valence-corrected chi connectivity index (χ3v) is 2.05. The van der Waals surface area contributed by atoms with Gasteiger partial charge < -0.3 is 10.4 Å². The Morgan fingerprint density at radius 3 is 2.60 bits per heavy atom. The molecule has 1 saturated heterocycles. The van der Waals surface area contributed by atoms with Gasteiger partial charge in [0, 0.05) is 0 Å². The molecule has 0 saturated carbocycles. The Bertz CT molecular complexity index is 132. The molecular weight excluding hydrogens is 126 g/mol. The van der Waals surface area contributed by atoms with E-state index in [0.29, 0.717) is 0 Å². The number of rotatable bonds is 1. The van der Waals surface area contributed by atoms with Gasteiger partial charge in [0.25, 0.3) is 0 Å². The van der Waals surface area contributed by atoms with Crippen molar-refractivity contribution in [1.82, 2.24) is 5.32 Å². The molecule has 2 nitrogen and oxygen atoms in total. The SMILES string of the molecule is CC(CO)=C1CCNCC1. The largest absolute Gasteiger partial charge is 0.392 e. The molecule has 0 aromatic heterocycles. The lowest BCUT2D eigenvalue weighted by molar-refractivity contribution is 0.328. The van der Waals surface area contributed by atoms with Gasteiger partial charge in [0.15, 0.2) is 0 Å². The van der Waals surface area contributed by atoms with Crippen molar-refractivity contribution in [3.05, 3.63) is 11.1 Å². The summed E-state index contributed by atoms with van der Waals surface area (Å²) in [4.78, 5) is 0. The molecular formula is C8H15NO. The van der Waals surface area contributed by atoms with Crippen LogP contribution in [0, 0.1) is 0 Å². The number of aliphatic hydroxyl groups excluding tert-OH is 1. The molecule has 1 heterocycles. The summed E-state index contributed by atoms with van der Waals surface area (Å²) in [6.07, 6.45) is 2.23. The number of hydrogen-bond donors (Lipinski definition) is 2. The van der Waals surface area contributed by atoms with E-state index in [4.69, 9.17) is 5.11 Å². The van der Waals surface area contributed by atoms with E-state index in [2.05, 4.69) is 5.32 Å². The monoisotopic (exact) mass is 141 g/mol. The first-order valence-electron chi connectivity index (χ1n) is 3.83. The van der Waals surface area contributed by atoms with E-state index in [1.54, 1.807) is 0 Å². The third-order valence-electron chi connectivity index (χ3n) is 2.05. The predicted octanol–water partition coefficient (Wildman–Crippen LogP) is 0.679. The van der Waals surface area contributed by atoms with E-state index in [9.17, 15) is 0 Å². The van der Waals surface area contributed by atoms with Gasteiger partial charge in [-0.1, -0.05) is 5.57 Å². The van der Waals surface area contributed by atoms with Crippen LogP contribution in [-0.2, 0) is 0 Å². The van der Waals surface area contributed by atoms with E-state index in [1.807, 2.05) is 6.92 Å². The molecule has 0 amide bonds. The van der Waals surface area contributed by atoms with Crippen molar-refractivity contribution >= 4 is 0 Å². The van der Waals surface area contributed by atoms with Crippen molar-refractivity contribution in [2.75, 3.05) is 19.7 Å². The molecule has 0 aromatic carbocycles. The topological polar surface area (TPSA) is 32.3 Å². The van der Waals surface area contributed by atoms with Crippen molar-refractivity contribution in [3.8, 4) is 0 Å². The molecule has 0 unspecified atom stereocenters. The Hall–Kier alpha value is -0.340. The first-order valence-corrected chi connectivity index (χ1v) is 3.83. The molecule has 1 fully saturated rings. The highest BCUT2D eigenvalue weighted by Crippen LogP contribution is 2.14. The van der Waals surface area contributed by atoms with Crippen LogP contribution in [0.3, 0.4) is 0 Å². The van der Waals surface area contributed by atoms with E-state index < -0.39 is 0 Å². The second-order valence-corrected chi connectivity index (χ2v) is 2.79. The van der Waals surface area contributed by atoms with Gasteiger partial charge in [-0.2, -0.15) is 0 Å². The first kappa shape index (κ1) is 7.76. The zero-order valence-corrected chi connectivity index (χ0v) is 6.48. The van der Waals surface area contributed by atoms with Crippen molar-refractivity contribution in [1.29, 1.82) is 0 Å². The van der Waals surface area contributed by atoms with Gasteiger partial charge in [-0.15, -0.1) is 0 Å². The minimum Gasteiger partial charge on any atom is -0.392 e. The van der Waals surface area contributed by atoms with Crippen LogP contribution in [0.2, 0.25) is 0 Å². The average Bonchev–Trinajstić information content (AvgIpc) is 2.05. The second-order valence-electron chi connectivity index (χ2n) is 2.79. The van der Waals surface area contributed by atoms with Gasteiger partial charge in [-0.25, -0.2) is 0 Å². The molecule has 0 atom stereocenters. The molecule has 1 aliphatic rings. The van der Waals surface area contributed by atoms with E-state index >= 15 is 0 Å². The fourth-order valence-electron chi connectivity index (χ4n) is 1.27. The van der Waals surface area contributed by atoms with Gasteiger partial charge in [0.1, 0.15) is 0 Å². The number of hydrogen-bond acceptors (Lipinski definition) is 2. The molecule has 0 spiro atoms. The summed E-state index contributed by atoms with van der Waals surface area (Å²) in [5.74, 6) is 0. The highest BCUT2D eigenvalue weighted by molar-refractivity contribution is 5.14. The standard InChI is InChI=1S/C8H15NO/c1-7(6-10)8-2-4-9-5-3-8/h9-10H,2-6H2,1H3. The Morgan fingerprint density at radius 2 is 2.10 bits per heavy atom. The molecule has 1 aliphatic heterocycles. The van der Waals surface area contributed by atoms with Gasteiger partial charge in [-0.05, 0) is 38.4 Å². The summed E-state index contributed by atoms with van der Waals surface area (Å²) in [6.45, 7) is 4.40. The molecule has 2 heteroatoms. The molecule has 58 valence electrons. The van der Waals surface area contributed by atoms with Crippen LogP contribution < -0.4 is 5.32 Å². The van der Waals surface area contributed by atoms with Crippen LogP contribution in [0.1, 0.15) is 19.8 Å². The number of nitrogens with one attached hydrogen (secondary N) is 1. The van der Waals surface area contributed by atoms with Gasteiger partial charge in [0.05, 0.1) is 6.61 Å².